The molecule has 192 valence electrons. The van der Waals surface area contributed by atoms with Crippen molar-refractivity contribution in [2.45, 2.75) is 32.7 Å². The Hall–Kier alpha value is -3.59. The zero-order chi connectivity index (χ0) is 26.2. The Morgan fingerprint density at radius 3 is 2.79 bits per heavy atom. The van der Waals surface area contributed by atoms with Gasteiger partial charge in [0.2, 0.25) is 0 Å². The molecule has 1 amide bonds. The van der Waals surface area contributed by atoms with E-state index in [0.717, 1.165) is 63.5 Å². The van der Waals surface area contributed by atoms with Crippen LogP contribution in [-0.2, 0) is 13.0 Å². The molecule has 2 aromatic carbocycles. The average molecular weight is 543 g/mol. The third-order valence-corrected chi connectivity index (χ3v) is 8.54. The molecule has 7 nitrogen and oxygen atoms in total. The SMILES string of the molecule is Cc1ccc2c(Cc3ccc(Cl)c(CN4CCCC4)c3)nccc2c1NC(=O)c1csc2c(N)ncnc12. The van der Waals surface area contributed by atoms with Crippen molar-refractivity contribution >= 4 is 61.3 Å². The minimum atomic E-state index is -0.229. The van der Waals surface area contributed by atoms with Gasteiger partial charge in [-0.05, 0) is 61.7 Å². The van der Waals surface area contributed by atoms with E-state index in [9.17, 15) is 4.79 Å². The fourth-order valence-corrected chi connectivity index (χ4v) is 6.26. The van der Waals surface area contributed by atoms with Crippen LogP contribution in [0, 0.1) is 6.92 Å². The van der Waals surface area contributed by atoms with Crippen LogP contribution in [0.5, 0.6) is 0 Å². The summed E-state index contributed by atoms with van der Waals surface area (Å²) in [6.07, 6.45) is 6.36. The number of nitrogens with two attached hydrogens (primary N) is 1. The third-order valence-electron chi connectivity index (χ3n) is 7.17. The fraction of sp³-hybridized carbons (Fsp3) is 0.241. The molecular formula is C29H27ClN6OS. The van der Waals surface area contributed by atoms with E-state index >= 15 is 0 Å². The predicted molar refractivity (Wildman–Crippen MR) is 155 cm³/mol. The van der Waals surface area contributed by atoms with Crippen LogP contribution in [0.3, 0.4) is 0 Å². The van der Waals surface area contributed by atoms with E-state index in [1.807, 2.05) is 31.3 Å². The number of carbonyl (C=O) groups excluding carboxylic acids is 1. The molecule has 0 aliphatic carbocycles. The van der Waals surface area contributed by atoms with Crippen LogP contribution in [0.2, 0.25) is 5.02 Å². The lowest BCUT2D eigenvalue weighted by Crippen LogP contribution is -2.18. The molecule has 0 spiro atoms. The summed E-state index contributed by atoms with van der Waals surface area (Å²) in [5.74, 6) is 0.148. The highest BCUT2D eigenvalue weighted by Gasteiger charge is 2.19. The maximum Gasteiger partial charge on any atom is 0.258 e. The zero-order valence-corrected chi connectivity index (χ0v) is 22.6. The highest BCUT2D eigenvalue weighted by Crippen LogP contribution is 2.33. The van der Waals surface area contributed by atoms with E-state index in [-0.39, 0.29) is 5.91 Å². The molecule has 0 bridgehead atoms. The first-order valence-corrected chi connectivity index (χ1v) is 13.9. The second-order valence-electron chi connectivity index (χ2n) is 9.74. The van der Waals surface area contributed by atoms with Gasteiger partial charge in [0.05, 0.1) is 27.2 Å². The van der Waals surface area contributed by atoms with Gasteiger partial charge in [0, 0.05) is 40.3 Å². The number of rotatable bonds is 6. The Bertz CT molecular complexity index is 1680. The number of fused-ring (bicyclic) bond motifs is 2. The Labute approximate surface area is 229 Å². The van der Waals surface area contributed by atoms with Crippen LogP contribution in [-0.4, -0.2) is 38.8 Å². The first-order chi connectivity index (χ1) is 18.5. The molecule has 1 aliphatic rings. The summed E-state index contributed by atoms with van der Waals surface area (Å²) in [7, 11) is 0. The molecule has 38 heavy (non-hydrogen) atoms. The number of benzene rings is 2. The number of carbonyl (C=O) groups is 1. The standard InChI is InChI=1S/C29H27ClN6OS/c1-17-4-6-20-21(25(17)35-29(37)22-15-38-27-26(22)33-16-34-28(27)31)8-9-32-24(20)13-18-5-7-23(30)19(12-18)14-36-10-2-3-11-36/h4-9,12,15-16H,2-3,10-11,13-14H2,1H3,(H,35,37)(H2,31,33,34). The second kappa shape index (κ2) is 10.3. The second-order valence-corrected chi connectivity index (χ2v) is 11.0. The zero-order valence-electron chi connectivity index (χ0n) is 21.0. The van der Waals surface area contributed by atoms with E-state index in [2.05, 4.69) is 38.4 Å². The third kappa shape index (κ3) is 4.71. The Balaban J connectivity index is 1.31. The molecule has 5 aromatic rings. The lowest BCUT2D eigenvalue weighted by molar-refractivity contribution is 0.102. The summed E-state index contributed by atoms with van der Waals surface area (Å²) in [4.78, 5) is 28.8. The van der Waals surface area contributed by atoms with Crippen LogP contribution in [0.1, 0.15) is 45.6 Å². The van der Waals surface area contributed by atoms with Crippen molar-refractivity contribution in [3.8, 4) is 0 Å². The number of anilines is 2. The highest BCUT2D eigenvalue weighted by molar-refractivity contribution is 7.18. The number of thiophene rings is 1. The molecule has 6 rings (SSSR count). The van der Waals surface area contributed by atoms with Gasteiger partial charge >= 0.3 is 0 Å². The summed E-state index contributed by atoms with van der Waals surface area (Å²) >= 11 is 7.92. The molecule has 3 N–H and O–H groups in total. The van der Waals surface area contributed by atoms with Crippen LogP contribution >= 0.6 is 22.9 Å². The van der Waals surface area contributed by atoms with E-state index in [1.165, 1.54) is 30.5 Å². The highest BCUT2D eigenvalue weighted by atomic mass is 35.5. The van der Waals surface area contributed by atoms with E-state index in [0.29, 0.717) is 28.0 Å². The number of nitrogen functional groups attached to an aromatic ring is 1. The van der Waals surface area contributed by atoms with Crippen molar-refractivity contribution in [2.24, 2.45) is 0 Å². The van der Waals surface area contributed by atoms with E-state index in [4.69, 9.17) is 22.3 Å². The number of amides is 1. The van der Waals surface area contributed by atoms with Crippen molar-refractivity contribution in [2.75, 3.05) is 24.1 Å². The smallest absolute Gasteiger partial charge is 0.258 e. The minimum absolute atomic E-state index is 0.229. The van der Waals surface area contributed by atoms with Crippen molar-refractivity contribution in [1.82, 2.24) is 19.9 Å². The van der Waals surface area contributed by atoms with Crippen LogP contribution in [0.25, 0.3) is 21.0 Å². The van der Waals surface area contributed by atoms with Gasteiger partial charge in [-0.25, -0.2) is 9.97 Å². The number of aryl methyl sites for hydroxylation is 1. The Morgan fingerprint density at radius 1 is 1.11 bits per heavy atom. The molecule has 0 unspecified atom stereocenters. The first kappa shape index (κ1) is 24.7. The molecule has 1 aliphatic heterocycles. The number of aromatic nitrogens is 3. The lowest BCUT2D eigenvalue weighted by Gasteiger charge is -2.17. The van der Waals surface area contributed by atoms with Crippen LogP contribution in [0.15, 0.2) is 54.3 Å². The van der Waals surface area contributed by atoms with Crippen LogP contribution in [0.4, 0.5) is 11.5 Å². The van der Waals surface area contributed by atoms with E-state index < -0.39 is 0 Å². The quantitative estimate of drug-likeness (QED) is 0.264. The number of nitrogens with one attached hydrogen (secondary N) is 1. The summed E-state index contributed by atoms with van der Waals surface area (Å²) in [5, 5.41) is 7.67. The molecule has 0 radical (unpaired) electrons. The first-order valence-electron chi connectivity index (χ1n) is 12.6. The fourth-order valence-electron chi connectivity index (χ4n) is 5.18. The molecule has 0 saturated carbocycles. The van der Waals surface area contributed by atoms with Gasteiger partial charge in [-0.15, -0.1) is 11.3 Å². The number of hydrogen-bond acceptors (Lipinski definition) is 7. The number of halogens is 1. The Morgan fingerprint density at radius 2 is 1.95 bits per heavy atom. The molecule has 4 heterocycles. The van der Waals surface area contributed by atoms with Crippen molar-refractivity contribution in [3.05, 3.63) is 87.3 Å². The van der Waals surface area contributed by atoms with Gasteiger partial charge in [0.15, 0.2) is 0 Å². The summed E-state index contributed by atoms with van der Waals surface area (Å²) in [5.41, 5.74) is 12.0. The predicted octanol–water partition coefficient (Wildman–Crippen LogP) is 6.22. The monoisotopic (exact) mass is 542 g/mol. The summed E-state index contributed by atoms with van der Waals surface area (Å²) in [6.45, 7) is 5.12. The molecule has 0 atom stereocenters. The molecular weight excluding hydrogens is 516 g/mol. The molecule has 3 aromatic heterocycles. The largest absolute Gasteiger partial charge is 0.382 e. The maximum absolute atomic E-state index is 13.3. The maximum atomic E-state index is 13.3. The van der Waals surface area contributed by atoms with Gasteiger partial charge in [-0.3, -0.25) is 14.7 Å². The molecule has 9 heteroatoms. The van der Waals surface area contributed by atoms with Gasteiger partial charge in [-0.1, -0.05) is 35.9 Å². The molecule has 1 fully saturated rings. The van der Waals surface area contributed by atoms with Gasteiger partial charge in [0.1, 0.15) is 12.1 Å². The van der Waals surface area contributed by atoms with Crippen molar-refractivity contribution < 1.29 is 4.79 Å². The number of likely N-dealkylation sites (tertiary alicyclic amines) is 1. The van der Waals surface area contributed by atoms with Gasteiger partial charge < -0.3 is 11.1 Å². The summed E-state index contributed by atoms with van der Waals surface area (Å²) < 4.78 is 0.714. The van der Waals surface area contributed by atoms with Gasteiger partial charge in [-0.2, -0.15) is 0 Å². The van der Waals surface area contributed by atoms with Crippen molar-refractivity contribution in [1.29, 1.82) is 0 Å². The van der Waals surface area contributed by atoms with Gasteiger partial charge in [0.25, 0.3) is 5.91 Å². The minimum Gasteiger partial charge on any atom is -0.382 e. The number of hydrogen-bond donors (Lipinski definition) is 2. The topological polar surface area (TPSA) is 97.0 Å². The molecule has 1 saturated heterocycles. The Kier molecular flexibility index (Phi) is 6.69. The average Bonchev–Trinajstić information content (AvgIpc) is 3.59. The summed E-state index contributed by atoms with van der Waals surface area (Å²) in [6, 6.07) is 12.3. The number of nitrogens with zero attached hydrogens (tertiary/aromatic N) is 4. The van der Waals surface area contributed by atoms with Crippen molar-refractivity contribution in [3.63, 3.8) is 0 Å². The number of pyridine rings is 1. The normalized spacial score (nSPS) is 13.9. The lowest BCUT2D eigenvalue weighted by atomic mass is 9.99. The van der Waals surface area contributed by atoms with E-state index in [1.54, 1.807) is 5.38 Å². The van der Waals surface area contributed by atoms with Crippen LogP contribution < -0.4 is 11.1 Å².